The quantitative estimate of drug-likeness (QED) is 0.723. The van der Waals surface area contributed by atoms with Gasteiger partial charge in [0, 0.05) is 62.8 Å². The molecule has 1 spiro atoms. The number of rotatable bonds is 3. The van der Waals surface area contributed by atoms with Crippen LogP contribution in [0.1, 0.15) is 20.8 Å². The van der Waals surface area contributed by atoms with E-state index in [2.05, 4.69) is 30.6 Å². The van der Waals surface area contributed by atoms with Crippen molar-refractivity contribution in [2.45, 2.75) is 26.3 Å². The Labute approximate surface area is 133 Å². The molecule has 3 rings (SSSR count). The number of carbonyl (C=O) groups excluding carboxylic acids is 1. The highest BCUT2D eigenvalue weighted by molar-refractivity contribution is 5.88. The molecule has 0 unspecified atom stereocenters. The van der Waals surface area contributed by atoms with E-state index < -0.39 is 0 Å². The first-order valence-corrected chi connectivity index (χ1v) is 8.39. The summed E-state index contributed by atoms with van der Waals surface area (Å²) in [5.41, 5.74) is 0.648. The molecule has 0 saturated carbocycles. The number of morpholine rings is 1. The Kier molecular flexibility index (Phi) is 4.32. The summed E-state index contributed by atoms with van der Waals surface area (Å²) in [7, 11) is 0. The third-order valence-corrected chi connectivity index (χ3v) is 5.09. The molecule has 3 aliphatic rings. The molecule has 3 heterocycles. The number of nitrogens with zero attached hydrogens (tertiary/aromatic N) is 3. The van der Waals surface area contributed by atoms with Crippen LogP contribution < -0.4 is 0 Å². The lowest BCUT2D eigenvalue weighted by Gasteiger charge is -2.63. The van der Waals surface area contributed by atoms with E-state index in [0.717, 1.165) is 59.0 Å². The highest BCUT2D eigenvalue weighted by atomic mass is 16.5. The van der Waals surface area contributed by atoms with Gasteiger partial charge in [-0.1, -0.05) is 6.08 Å². The molecule has 3 fully saturated rings. The smallest absolute Gasteiger partial charge is 0.246 e. The molecule has 3 saturated heterocycles. The first-order valence-electron chi connectivity index (χ1n) is 8.39. The van der Waals surface area contributed by atoms with Crippen LogP contribution in [-0.2, 0) is 9.53 Å². The zero-order valence-corrected chi connectivity index (χ0v) is 14.2. The second kappa shape index (κ2) is 5.95. The van der Waals surface area contributed by atoms with Gasteiger partial charge in [-0.3, -0.25) is 14.6 Å². The molecule has 0 bridgehead atoms. The molecule has 5 nitrogen and oxygen atoms in total. The van der Waals surface area contributed by atoms with Crippen LogP contribution in [0.5, 0.6) is 0 Å². The van der Waals surface area contributed by atoms with Crippen LogP contribution in [0.15, 0.2) is 12.2 Å². The van der Waals surface area contributed by atoms with E-state index in [1.165, 1.54) is 0 Å². The molecule has 0 aromatic heterocycles. The van der Waals surface area contributed by atoms with Crippen molar-refractivity contribution in [2.75, 3.05) is 59.0 Å². The predicted molar refractivity (Wildman–Crippen MR) is 86.7 cm³/mol. The Morgan fingerprint density at radius 1 is 1.14 bits per heavy atom. The highest BCUT2D eigenvalue weighted by Crippen LogP contribution is 2.42. The Morgan fingerprint density at radius 3 is 2.36 bits per heavy atom. The van der Waals surface area contributed by atoms with E-state index in [1.807, 2.05) is 11.0 Å². The summed E-state index contributed by atoms with van der Waals surface area (Å²) in [4.78, 5) is 19.0. The minimum Gasteiger partial charge on any atom is -0.379 e. The van der Waals surface area contributed by atoms with Crippen molar-refractivity contribution < 1.29 is 9.53 Å². The van der Waals surface area contributed by atoms with Crippen LogP contribution in [0.3, 0.4) is 0 Å². The monoisotopic (exact) mass is 307 g/mol. The summed E-state index contributed by atoms with van der Waals surface area (Å²) in [6, 6.07) is 0. The largest absolute Gasteiger partial charge is 0.379 e. The first kappa shape index (κ1) is 16.0. The molecule has 22 heavy (non-hydrogen) atoms. The molecule has 0 aliphatic carbocycles. The van der Waals surface area contributed by atoms with E-state index in [0.29, 0.717) is 5.41 Å². The van der Waals surface area contributed by atoms with Gasteiger partial charge in [0.2, 0.25) is 5.91 Å². The zero-order valence-electron chi connectivity index (χ0n) is 14.2. The van der Waals surface area contributed by atoms with Crippen LogP contribution in [-0.4, -0.2) is 85.2 Å². The fraction of sp³-hybridized carbons (Fsp3) is 0.824. The number of likely N-dealkylation sites (tertiary alicyclic amines) is 2. The lowest BCUT2D eigenvalue weighted by molar-refractivity contribution is -0.164. The van der Waals surface area contributed by atoms with E-state index in [-0.39, 0.29) is 11.4 Å². The van der Waals surface area contributed by atoms with E-state index >= 15 is 0 Å². The Morgan fingerprint density at radius 2 is 1.77 bits per heavy atom. The molecule has 0 aromatic carbocycles. The van der Waals surface area contributed by atoms with E-state index in [1.54, 1.807) is 6.08 Å². The molecule has 0 N–H and O–H groups in total. The van der Waals surface area contributed by atoms with Gasteiger partial charge in [0.05, 0.1) is 13.2 Å². The third kappa shape index (κ3) is 3.36. The summed E-state index contributed by atoms with van der Waals surface area (Å²) in [6.07, 6.45) is 3.75. The zero-order chi connectivity index (χ0) is 15.8. The molecular weight excluding hydrogens is 278 g/mol. The lowest BCUT2D eigenvalue weighted by atomic mass is 9.71. The van der Waals surface area contributed by atoms with Gasteiger partial charge in [-0.05, 0) is 20.8 Å². The van der Waals surface area contributed by atoms with Crippen molar-refractivity contribution >= 4 is 5.91 Å². The van der Waals surface area contributed by atoms with Gasteiger partial charge in [-0.15, -0.1) is 0 Å². The van der Waals surface area contributed by atoms with Gasteiger partial charge in [0.1, 0.15) is 0 Å². The van der Waals surface area contributed by atoms with Crippen LogP contribution >= 0.6 is 0 Å². The summed E-state index contributed by atoms with van der Waals surface area (Å²) in [6.45, 7) is 15.3. The van der Waals surface area contributed by atoms with Crippen LogP contribution in [0.25, 0.3) is 0 Å². The predicted octanol–water partition coefficient (Wildman–Crippen LogP) is 0.818. The number of ether oxygens (including phenoxy) is 1. The molecule has 0 atom stereocenters. The summed E-state index contributed by atoms with van der Waals surface area (Å²) in [5.74, 6) is 0.174. The standard InChI is InChI=1S/C17H29N3O2/c1-16(2,3)20-13-17(14-20)11-19(12-17)15(21)5-4-6-18-7-9-22-10-8-18/h4-5H,6-14H2,1-3H3/b5-4+. The van der Waals surface area contributed by atoms with Gasteiger partial charge >= 0.3 is 0 Å². The fourth-order valence-electron chi connectivity index (χ4n) is 3.55. The minimum atomic E-state index is 0.174. The van der Waals surface area contributed by atoms with Crippen molar-refractivity contribution in [3.63, 3.8) is 0 Å². The maximum atomic E-state index is 12.2. The Balaban J connectivity index is 1.37. The summed E-state index contributed by atoms with van der Waals surface area (Å²) < 4.78 is 5.32. The number of hydrogen-bond donors (Lipinski definition) is 0. The number of amides is 1. The van der Waals surface area contributed by atoms with Crippen LogP contribution in [0, 0.1) is 5.41 Å². The fourth-order valence-corrected chi connectivity index (χ4v) is 3.55. The normalized spacial score (nSPS) is 26.2. The number of carbonyl (C=O) groups is 1. The van der Waals surface area contributed by atoms with Crippen molar-refractivity contribution in [3.05, 3.63) is 12.2 Å². The number of hydrogen-bond acceptors (Lipinski definition) is 4. The molecule has 1 amide bonds. The molecular formula is C17H29N3O2. The van der Waals surface area contributed by atoms with Gasteiger partial charge in [-0.25, -0.2) is 0 Å². The van der Waals surface area contributed by atoms with Gasteiger partial charge in [0.15, 0.2) is 0 Å². The molecule has 5 heteroatoms. The molecule has 0 aromatic rings. The second-order valence-corrected chi connectivity index (χ2v) is 8.04. The topological polar surface area (TPSA) is 36.0 Å². The molecule has 0 radical (unpaired) electrons. The van der Waals surface area contributed by atoms with Crippen LogP contribution in [0.4, 0.5) is 0 Å². The van der Waals surface area contributed by atoms with E-state index in [9.17, 15) is 4.79 Å². The third-order valence-electron chi connectivity index (χ3n) is 5.09. The maximum absolute atomic E-state index is 12.2. The van der Waals surface area contributed by atoms with Crippen LogP contribution in [0.2, 0.25) is 0 Å². The summed E-state index contributed by atoms with van der Waals surface area (Å²) in [5, 5.41) is 0. The maximum Gasteiger partial charge on any atom is 0.246 e. The first-order chi connectivity index (χ1) is 10.4. The van der Waals surface area contributed by atoms with Crippen molar-refractivity contribution in [1.29, 1.82) is 0 Å². The minimum absolute atomic E-state index is 0.174. The van der Waals surface area contributed by atoms with Gasteiger partial charge in [0.25, 0.3) is 0 Å². The molecule has 3 aliphatic heterocycles. The SMILES string of the molecule is CC(C)(C)N1CC2(CN(C(=O)/C=C/CN3CCOCC3)C2)C1. The van der Waals surface area contributed by atoms with Gasteiger partial charge < -0.3 is 9.64 Å². The summed E-state index contributed by atoms with van der Waals surface area (Å²) >= 11 is 0. The Hall–Kier alpha value is -0.910. The van der Waals surface area contributed by atoms with Crippen molar-refractivity contribution in [3.8, 4) is 0 Å². The highest BCUT2D eigenvalue weighted by Gasteiger charge is 2.54. The Bertz CT molecular complexity index is 435. The van der Waals surface area contributed by atoms with Crippen molar-refractivity contribution in [1.82, 2.24) is 14.7 Å². The average Bonchev–Trinajstić information content (AvgIpc) is 2.35. The van der Waals surface area contributed by atoms with E-state index in [4.69, 9.17) is 4.74 Å². The average molecular weight is 307 g/mol. The second-order valence-electron chi connectivity index (χ2n) is 8.04. The molecule has 124 valence electrons. The van der Waals surface area contributed by atoms with Gasteiger partial charge in [-0.2, -0.15) is 0 Å². The lowest BCUT2D eigenvalue weighted by Crippen LogP contribution is -2.75. The van der Waals surface area contributed by atoms with Crippen molar-refractivity contribution in [2.24, 2.45) is 5.41 Å².